The number of nitrogens with zero attached hydrogens (tertiary/aromatic N) is 2. The van der Waals surface area contributed by atoms with Crippen LogP contribution in [0.2, 0.25) is 0 Å². The molecule has 2 heterocycles. The monoisotopic (exact) mass is 324 g/mol. The van der Waals surface area contributed by atoms with Crippen molar-refractivity contribution in [1.82, 2.24) is 20.4 Å². The molecule has 0 spiro atoms. The Morgan fingerprint density at radius 3 is 2.74 bits per heavy atom. The molecular formula is C15H15F3N4O. The number of hydrogen-bond acceptors (Lipinski definition) is 3. The van der Waals surface area contributed by atoms with E-state index in [4.69, 9.17) is 0 Å². The number of carbonyl (C=O) groups is 1. The Labute approximate surface area is 130 Å². The summed E-state index contributed by atoms with van der Waals surface area (Å²) in [5.74, 6) is -0.424. The Hall–Kier alpha value is -2.35. The maximum Gasteiger partial charge on any atom is 0.416 e. The molecule has 1 atom stereocenters. The van der Waals surface area contributed by atoms with E-state index >= 15 is 0 Å². The average molecular weight is 324 g/mol. The first kappa shape index (κ1) is 15.5. The summed E-state index contributed by atoms with van der Waals surface area (Å²) < 4.78 is 39.8. The van der Waals surface area contributed by atoms with Crippen LogP contribution in [0, 0.1) is 0 Å². The molecule has 23 heavy (non-hydrogen) atoms. The lowest BCUT2D eigenvalue weighted by atomic mass is 9.96. The number of H-pyrrole nitrogens is 1. The summed E-state index contributed by atoms with van der Waals surface area (Å²) in [7, 11) is 0. The van der Waals surface area contributed by atoms with Crippen molar-refractivity contribution in [3.05, 3.63) is 53.3 Å². The van der Waals surface area contributed by atoms with Crippen molar-refractivity contribution < 1.29 is 18.0 Å². The van der Waals surface area contributed by atoms with Crippen molar-refractivity contribution >= 4 is 5.91 Å². The third kappa shape index (κ3) is 3.21. The Morgan fingerprint density at radius 1 is 1.26 bits per heavy atom. The van der Waals surface area contributed by atoms with Gasteiger partial charge >= 0.3 is 6.18 Å². The summed E-state index contributed by atoms with van der Waals surface area (Å²) in [6.07, 6.45) is -2.94. The zero-order valence-corrected chi connectivity index (χ0v) is 12.1. The number of aromatic nitrogens is 2. The molecule has 0 bridgehead atoms. The summed E-state index contributed by atoms with van der Waals surface area (Å²) in [6, 6.07) is 5.96. The van der Waals surface area contributed by atoms with Crippen LogP contribution in [0.25, 0.3) is 0 Å². The van der Waals surface area contributed by atoms with Crippen LogP contribution in [0.15, 0.2) is 36.5 Å². The number of piperazine rings is 1. The second kappa shape index (κ2) is 6.04. The minimum atomic E-state index is -4.51. The predicted octanol–water partition coefficient (Wildman–Crippen LogP) is 2.10. The van der Waals surface area contributed by atoms with Gasteiger partial charge in [0.2, 0.25) is 5.91 Å². The topological polar surface area (TPSA) is 61.0 Å². The van der Waals surface area contributed by atoms with Gasteiger partial charge in [0, 0.05) is 31.5 Å². The third-order valence-corrected chi connectivity index (χ3v) is 3.80. The number of rotatable bonds is 3. The molecule has 2 aromatic rings. The van der Waals surface area contributed by atoms with Gasteiger partial charge in [0.25, 0.3) is 0 Å². The summed E-state index contributed by atoms with van der Waals surface area (Å²) in [6.45, 7) is 1.18. The van der Waals surface area contributed by atoms with Crippen LogP contribution in [-0.4, -0.2) is 34.1 Å². The maximum atomic E-state index is 13.3. The zero-order chi connectivity index (χ0) is 16.4. The van der Waals surface area contributed by atoms with Crippen molar-refractivity contribution in [2.24, 2.45) is 0 Å². The van der Waals surface area contributed by atoms with Crippen molar-refractivity contribution in [1.29, 1.82) is 0 Å². The first-order chi connectivity index (χ1) is 11.0. The lowest BCUT2D eigenvalue weighted by Crippen LogP contribution is -2.50. The Balaban J connectivity index is 1.98. The normalized spacial score (nSPS) is 19.6. The molecule has 122 valence electrons. The van der Waals surface area contributed by atoms with Crippen molar-refractivity contribution in [3.8, 4) is 0 Å². The van der Waals surface area contributed by atoms with Gasteiger partial charge in [0.05, 0.1) is 5.56 Å². The minimum absolute atomic E-state index is 0.0308. The van der Waals surface area contributed by atoms with Crippen LogP contribution < -0.4 is 5.32 Å². The van der Waals surface area contributed by atoms with Crippen LogP contribution in [0.4, 0.5) is 13.2 Å². The van der Waals surface area contributed by atoms with E-state index in [1.807, 2.05) is 0 Å². The quantitative estimate of drug-likeness (QED) is 0.909. The van der Waals surface area contributed by atoms with Gasteiger partial charge in [-0.05, 0) is 17.7 Å². The van der Waals surface area contributed by atoms with Crippen molar-refractivity contribution in [2.45, 2.75) is 18.8 Å². The van der Waals surface area contributed by atoms with E-state index < -0.39 is 23.7 Å². The average Bonchev–Trinajstić information content (AvgIpc) is 3.00. The zero-order valence-electron chi connectivity index (χ0n) is 12.1. The first-order valence-electron chi connectivity index (χ1n) is 7.13. The fourth-order valence-electron chi connectivity index (χ4n) is 2.81. The second-order valence-electron chi connectivity index (χ2n) is 5.33. The Bertz CT molecular complexity index is 684. The molecule has 1 amide bonds. The molecule has 0 radical (unpaired) electrons. The van der Waals surface area contributed by atoms with E-state index in [-0.39, 0.29) is 5.56 Å². The largest absolute Gasteiger partial charge is 0.416 e. The van der Waals surface area contributed by atoms with Crippen LogP contribution in [0.3, 0.4) is 0 Å². The number of aromatic amines is 1. The molecule has 0 aliphatic carbocycles. The number of amides is 1. The van der Waals surface area contributed by atoms with Crippen molar-refractivity contribution in [3.63, 3.8) is 0 Å². The molecule has 0 saturated carbocycles. The van der Waals surface area contributed by atoms with Gasteiger partial charge in [-0.3, -0.25) is 14.8 Å². The predicted molar refractivity (Wildman–Crippen MR) is 76.2 cm³/mol. The van der Waals surface area contributed by atoms with E-state index in [0.29, 0.717) is 19.6 Å². The molecule has 1 unspecified atom stereocenters. The summed E-state index contributed by atoms with van der Waals surface area (Å²) in [5.41, 5.74) is -0.0671. The lowest BCUT2D eigenvalue weighted by Gasteiger charge is -2.36. The summed E-state index contributed by atoms with van der Waals surface area (Å²) >= 11 is 0. The number of hydrogen-bond donors (Lipinski definition) is 2. The Morgan fingerprint density at radius 2 is 2.04 bits per heavy atom. The third-order valence-electron chi connectivity index (χ3n) is 3.80. The van der Waals surface area contributed by atoms with E-state index in [2.05, 4.69) is 15.5 Å². The molecule has 8 heteroatoms. The van der Waals surface area contributed by atoms with Gasteiger partial charge in [-0.25, -0.2) is 0 Å². The van der Waals surface area contributed by atoms with Crippen LogP contribution >= 0.6 is 0 Å². The van der Waals surface area contributed by atoms with E-state index in [1.165, 1.54) is 18.2 Å². The molecule has 5 nitrogen and oxygen atoms in total. The van der Waals surface area contributed by atoms with E-state index in [0.717, 1.165) is 11.8 Å². The number of benzene rings is 1. The highest BCUT2D eigenvalue weighted by atomic mass is 19.4. The molecule has 1 aromatic heterocycles. The van der Waals surface area contributed by atoms with Gasteiger partial charge in [-0.15, -0.1) is 0 Å². The van der Waals surface area contributed by atoms with Crippen LogP contribution in [0.1, 0.15) is 22.9 Å². The van der Waals surface area contributed by atoms with E-state index in [1.54, 1.807) is 17.2 Å². The first-order valence-corrected chi connectivity index (χ1v) is 7.13. The van der Waals surface area contributed by atoms with Gasteiger partial charge in [-0.2, -0.15) is 18.3 Å². The number of halogens is 3. The fourth-order valence-corrected chi connectivity index (χ4v) is 2.81. The SMILES string of the molecule is O=C1NCCN(Cc2ccn[nH]2)C1c1ccccc1C(F)(F)F. The molecule has 2 N–H and O–H groups in total. The van der Waals surface area contributed by atoms with Crippen molar-refractivity contribution in [2.75, 3.05) is 13.1 Å². The van der Waals surface area contributed by atoms with Gasteiger partial charge in [0.1, 0.15) is 6.04 Å². The molecule has 1 aliphatic heterocycles. The highest BCUT2D eigenvalue weighted by Crippen LogP contribution is 2.37. The Kier molecular flexibility index (Phi) is 4.08. The van der Waals surface area contributed by atoms with Gasteiger partial charge < -0.3 is 5.32 Å². The lowest BCUT2D eigenvalue weighted by molar-refractivity contribution is -0.140. The second-order valence-corrected chi connectivity index (χ2v) is 5.33. The molecule has 1 aliphatic rings. The van der Waals surface area contributed by atoms with Gasteiger partial charge in [-0.1, -0.05) is 18.2 Å². The summed E-state index contributed by atoms with van der Waals surface area (Å²) in [5, 5.41) is 9.24. The highest BCUT2D eigenvalue weighted by molar-refractivity contribution is 5.84. The number of carbonyl (C=O) groups excluding carboxylic acids is 1. The molecule has 3 rings (SSSR count). The highest BCUT2D eigenvalue weighted by Gasteiger charge is 2.40. The standard InChI is InChI=1S/C15H15F3N4O/c16-15(17,18)12-4-2-1-3-11(12)13-14(23)19-7-8-22(13)9-10-5-6-20-21-10/h1-6,13H,7-9H2,(H,19,23)(H,20,21). The minimum Gasteiger partial charge on any atom is -0.353 e. The summed E-state index contributed by atoms with van der Waals surface area (Å²) in [4.78, 5) is 14.0. The maximum absolute atomic E-state index is 13.3. The fraction of sp³-hybridized carbons (Fsp3) is 0.333. The molecule has 1 aromatic carbocycles. The smallest absolute Gasteiger partial charge is 0.353 e. The number of alkyl halides is 3. The van der Waals surface area contributed by atoms with Crippen LogP contribution in [0.5, 0.6) is 0 Å². The van der Waals surface area contributed by atoms with E-state index in [9.17, 15) is 18.0 Å². The molecule has 1 fully saturated rings. The molecule has 1 saturated heterocycles. The molecular weight excluding hydrogens is 309 g/mol. The number of nitrogens with one attached hydrogen (secondary N) is 2. The van der Waals surface area contributed by atoms with Crippen LogP contribution in [-0.2, 0) is 17.5 Å². The van der Waals surface area contributed by atoms with Gasteiger partial charge in [0.15, 0.2) is 0 Å².